The summed E-state index contributed by atoms with van der Waals surface area (Å²) in [5.41, 5.74) is -0.00123. The van der Waals surface area contributed by atoms with E-state index in [2.05, 4.69) is 0 Å². The molecule has 1 saturated heterocycles. The second kappa shape index (κ2) is 3.91. The van der Waals surface area contributed by atoms with Gasteiger partial charge in [0.25, 0.3) is 0 Å². The van der Waals surface area contributed by atoms with Crippen molar-refractivity contribution in [3.63, 3.8) is 0 Å². The summed E-state index contributed by atoms with van der Waals surface area (Å²) >= 11 is 0. The zero-order chi connectivity index (χ0) is 11.8. The number of rotatable bonds is 1. The van der Waals surface area contributed by atoms with Gasteiger partial charge >= 0.3 is 0 Å². The van der Waals surface area contributed by atoms with Crippen LogP contribution in [0.2, 0.25) is 0 Å². The fraction of sp³-hybridized carbons (Fsp3) is 0.462. The van der Waals surface area contributed by atoms with E-state index in [1.54, 1.807) is 11.8 Å². The monoisotopic (exact) mass is 219 g/mol. The second-order valence-electron chi connectivity index (χ2n) is 4.43. The summed E-state index contributed by atoms with van der Waals surface area (Å²) in [6.07, 6.45) is 0.609. The number of hydrogen-bond donors (Lipinski definition) is 1. The summed E-state index contributed by atoms with van der Waals surface area (Å²) in [5, 5.41) is 10.7. The lowest BCUT2D eigenvalue weighted by molar-refractivity contribution is -0.131. The Morgan fingerprint density at radius 1 is 1.44 bits per heavy atom. The van der Waals surface area contributed by atoms with Crippen LogP contribution in [-0.2, 0) is 10.4 Å². The zero-order valence-corrected chi connectivity index (χ0v) is 9.68. The molecule has 16 heavy (non-hydrogen) atoms. The van der Waals surface area contributed by atoms with Crippen LogP contribution in [-0.4, -0.2) is 28.5 Å². The molecule has 2 unspecified atom stereocenters. The van der Waals surface area contributed by atoms with Gasteiger partial charge in [-0.15, -0.1) is 0 Å². The number of nitrogens with zero attached hydrogens (tertiary/aromatic N) is 1. The van der Waals surface area contributed by atoms with Gasteiger partial charge in [0.2, 0.25) is 5.91 Å². The first-order valence-electron chi connectivity index (χ1n) is 5.61. The number of carbonyl (C=O) groups is 1. The van der Waals surface area contributed by atoms with Gasteiger partial charge in [0.05, 0.1) is 6.04 Å². The number of likely N-dealkylation sites (tertiary alicyclic amines) is 1. The number of aliphatic hydroxyl groups is 1. The zero-order valence-electron chi connectivity index (χ0n) is 9.68. The molecule has 3 heteroatoms. The largest absolute Gasteiger partial charge is 0.383 e. The lowest BCUT2D eigenvalue weighted by Gasteiger charge is -2.31. The molecule has 1 amide bonds. The van der Waals surface area contributed by atoms with Gasteiger partial charge in [-0.05, 0) is 18.9 Å². The molecule has 1 fully saturated rings. The first-order chi connectivity index (χ1) is 7.55. The summed E-state index contributed by atoms with van der Waals surface area (Å²) in [5.74, 6) is 0.0272. The lowest BCUT2D eigenvalue weighted by Crippen LogP contribution is -2.42. The van der Waals surface area contributed by atoms with Crippen LogP contribution in [0.4, 0.5) is 0 Å². The Labute approximate surface area is 95.7 Å². The van der Waals surface area contributed by atoms with E-state index in [-0.39, 0.29) is 11.9 Å². The number of amides is 1. The van der Waals surface area contributed by atoms with Crippen LogP contribution < -0.4 is 0 Å². The minimum atomic E-state index is -0.896. The van der Waals surface area contributed by atoms with Gasteiger partial charge in [0.15, 0.2) is 0 Å². The highest BCUT2D eigenvalue weighted by atomic mass is 16.3. The average molecular weight is 219 g/mol. The fourth-order valence-corrected chi connectivity index (χ4v) is 2.49. The molecule has 3 nitrogen and oxygen atoms in total. The molecule has 2 atom stereocenters. The molecule has 2 rings (SSSR count). The minimum Gasteiger partial charge on any atom is -0.383 e. The molecule has 1 heterocycles. The third-order valence-corrected chi connectivity index (χ3v) is 3.57. The van der Waals surface area contributed by atoms with Crippen molar-refractivity contribution in [1.29, 1.82) is 0 Å². The van der Waals surface area contributed by atoms with Crippen molar-refractivity contribution in [2.45, 2.75) is 31.9 Å². The third kappa shape index (κ3) is 1.61. The normalized spacial score (nSPS) is 29.4. The molecule has 1 N–H and O–H groups in total. The van der Waals surface area contributed by atoms with Crippen molar-refractivity contribution < 1.29 is 9.90 Å². The molecule has 1 aliphatic heterocycles. The van der Waals surface area contributed by atoms with Crippen LogP contribution in [0.25, 0.3) is 0 Å². The molecule has 86 valence electrons. The van der Waals surface area contributed by atoms with Crippen LogP contribution in [0.3, 0.4) is 0 Å². The van der Waals surface area contributed by atoms with E-state index >= 15 is 0 Å². The molecule has 0 aliphatic carbocycles. The van der Waals surface area contributed by atoms with Crippen LogP contribution in [0.15, 0.2) is 30.3 Å². The quantitative estimate of drug-likeness (QED) is 0.778. The van der Waals surface area contributed by atoms with Crippen molar-refractivity contribution in [2.75, 3.05) is 6.54 Å². The first-order valence-corrected chi connectivity index (χ1v) is 5.61. The summed E-state index contributed by atoms with van der Waals surface area (Å²) in [7, 11) is 0. The smallest absolute Gasteiger partial charge is 0.219 e. The highest BCUT2D eigenvalue weighted by Crippen LogP contribution is 2.37. The molecule has 0 radical (unpaired) electrons. The molecule has 0 saturated carbocycles. The van der Waals surface area contributed by atoms with E-state index < -0.39 is 5.60 Å². The van der Waals surface area contributed by atoms with E-state index in [0.717, 1.165) is 5.56 Å². The van der Waals surface area contributed by atoms with Gasteiger partial charge in [0, 0.05) is 13.5 Å². The van der Waals surface area contributed by atoms with E-state index in [1.165, 1.54) is 0 Å². The standard InChI is InChI=1S/C13H17NO2/c1-10-13(16,8-9-14(10)11(2)15)12-6-4-3-5-7-12/h3-7,10,16H,8-9H2,1-2H3. The van der Waals surface area contributed by atoms with Gasteiger partial charge in [-0.25, -0.2) is 0 Å². The van der Waals surface area contributed by atoms with Gasteiger partial charge in [-0.3, -0.25) is 4.79 Å². The topological polar surface area (TPSA) is 40.5 Å². The van der Waals surface area contributed by atoms with Gasteiger partial charge in [-0.1, -0.05) is 30.3 Å². The van der Waals surface area contributed by atoms with E-state index in [1.807, 2.05) is 37.3 Å². The highest BCUT2D eigenvalue weighted by molar-refractivity contribution is 5.74. The fourth-order valence-electron chi connectivity index (χ4n) is 2.49. The Bertz CT molecular complexity index is 390. The number of hydrogen-bond acceptors (Lipinski definition) is 2. The third-order valence-electron chi connectivity index (χ3n) is 3.57. The molecule has 1 aliphatic rings. The van der Waals surface area contributed by atoms with Crippen molar-refractivity contribution in [2.24, 2.45) is 0 Å². The van der Waals surface area contributed by atoms with Crippen LogP contribution in [0.1, 0.15) is 25.8 Å². The SMILES string of the molecule is CC(=O)N1CCC(O)(c2ccccc2)C1C. The van der Waals surface area contributed by atoms with E-state index in [9.17, 15) is 9.90 Å². The maximum absolute atomic E-state index is 11.4. The summed E-state index contributed by atoms with van der Waals surface area (Å²) < 4.78 is 0. The van der Waals surface area contributed by atoms with E-state index in [4.69, 9.17) is 0 Å². The molecular weight excluding hydrogens is 202 g/mol. The van der Waals surface area contributed by atoms with E-state index in [0.29, 0.717) is 13.0 Å². The maximum atomic E-state index is 11.4. The Hall–Kier alpha value is -1.35. The Kier molecular flexibility index (Phi) is 2.72. The Morgan fingerprint density at radius 3 is 2.56 bits per heavy atom. The predicted octanol–water partition coefficient (Wildman–Crippen LogP) is 1.51. The summed E-state index contributed by atoms with van der Waals surface area (Å²) in [6.45, 7) is 4.08. The molecule has 0 bridgehead atoms. The molecule has 0 spiro atoms. The highest BCUT2D eigenvalue weighted by Gasteiger charge is 2.45. The van der Waals surface area contributed by atoms with Crippen LogP contribution in [0, 0.1) is 0 Å². The van der Waals surface area contributed by atoms with Crippen LogP contribution in [0.5, 0.6) is 0 Å². The van der Waals surface area contributed by atoms with Gasteiger partial charge < -0.3 is 10.0 Å². The molecule has 1 aromatic carbocycles. The van der Waals surface area contributed by atoms with Crippen molar-refractivity contribution >= 4 is 5.91 Å². The number of carbonyl (C=O) groups excluding carboxylic acids is 1. The van der Waals surface area contributed by atoms with Gasteiger partial charge in [0.1, 0.15) is 5.60 Å². The average Bonchev–Trinajstić information content (AvgIpc) is 2.58. The summed E-state index contributed by atoms with van der Waals surface area (Å²) in [4.78, 5) is 13.1. The molecule has 0 aromatic heterocycles. The maximum Gasteiger partial charge on any atom is 0.219 e. The second-order valence-corrected chi connectivity index (χ2v) is 4.43. The lowest BCUT2D eigenvalue weighted by atomic mass is 9.87. The molecule has 1 aromatic rings. The van der Waals surface area contributed by atoms with Crippen molar-refractivity contribution in [1.82, 2.24) is 4.90 Å². The molecular formula is C13H17NO2. The van der Waals surface area contributed by atoms with Crippen molar-refractivity contribution in [3.8, 4) is 0 Å². The minimum absolute atomic E-state index is 0.0272. The van der Waals surface area contributed by atoms with Crippen molar-refractivity contribution in [3.05, 3.63) is 35.9 Å². The van der Waals surface area contributed by atoms with Crippen LogP contribution >= 0.6 is 0 Å². The Morgan fingerprint density at radius 2 is 2.06 bits per heavy atom. The predicted molar refractivity (Wildman–Crippen MR) is 61.8 cm³/mol. The number of benzene rings is 1. The van der Waals surface area contributed by atoms with Gasteiger partial charge in [-0.2, -0.15) is 0 Å². The Balaban J connectivity index is 2.31. The first kappa shape index (κ1) is 11.1. The summed E-state index contributed by atoms with van der Waals surface area (Å²) in [6, 6.07) is 9.43.